The summed E-state index contributed by atoms with van der Waals surface area (Å²) < 4.78 is 40.8. The molecule has 2 aromatic rings. The number of carbonyl (C=O) groups is 3. The largest absolute Gasteiger partial charge is 0.462 e. The molecule has 3 saturated heterocycles. The van der Waals surface area contributed by atoms with E-state index < -0.39 is 135 Å². The number of aliphatic hydroxyl groups excluding tert-OH is 7. The van der Waals surface area contributed by atoms with Crippen molar-refractivity contribution in [1.82, 2.24) is 16.0 Å². The van der Waals surface area contributed by atoms with Crippen molar-refractivity contribution in [3.63, 3.8) is 0 Å². The minimum Gasteiger partial charge on any atom is -0.462 e. The Hall–Kier alpha value is -3.84. The number of hydrogen-bond acceptors (Lipinski definition) is 18. The summed E-state index contributed by atoms with van der Waals surface area (Å²) in [5, 5.41) is 82.9. The fraction of sp³-hybridized carbons (Fsp3) is 0.647. The summed E-state index contributed by atoms with van der Waals surface area (Å²) in [6.45, 7) is 2.70. The maximum absolute atomic E-state index is 12.4. The Bertz CT molecular complexity index is 1730. The molecule has 0 radical (unpaired) electrons. The second-order valence-corrected chi connectivity index (χ2v) is 13.5. The van der Waals surface area contributed by atoms with Crippen molar-refractivity contribution in [2.45, 2.75) is 120 Å². The molecule has 3 amide bonds. The molecule has 10 N–H and O–H groups in total. The molecule has 1 aromatic carbocycles. The van der Waals surface area contributed by atoms with Gasteiger partial charge in [0.1, 0.15) is 84.4 Å². The van der Waals surface area contributed by atoms with Crippen molar-refractivity contribution in [1.29, 1.82) is 0 Å². The zero-order valence-electron chi connectivity index (χ0n) is 30.2. The first-order valence-electron chi connectivity index (χ1n) is 17.4. The Morgan fingerprint density at radius 3 is 1.60 bits per heavy atom. The van der Waals surface area contributed by atoms with Crippen LogP contribution in [0.2, 0.25) is 0 Å². The smallest absolute Gasteiger partial charge is 0.336 e. The lowest BCUT2D eigenvalue weighted by Crippen LogP contribution is -2.71. The third-order valence-corrected chi connectivity index (χ3v) is 9.45. The van der Waals surface area contributed by atoms with Gasteiger partial charge in [0, 0.05) is 38.3 Å². The summed E-state index contributed by atoms with van der Waals surface area (Å²) >= 11 is 0. The Balaban J connectivity index is 1.40. The average Bonchev–Trinajstić information content (AvgIpc) is 3.12. The molecule has 3 fully saturated rings. The fourth-order valence-corrected chi connectivity index (χ4v) is 6.87. The topological polar surface area (TPSA) is 314 Å². The minimum absolute atomic E-state index is 0.112. The Morgan fingerprint density at radius 2 is 1.11 bits per heavy atom. The number of hydrogen-bond donors (Lipinski definition) is 10. The molecule has 0 unspecified atom stereocenters. The second kappa shape index (κ2) is 18.0. The first kappa shape index (κ1) is 42.3. The first-order chi connectivity index (χ1) is 26.1. The van der Waals surface area contributed by atoms with Gasteiger partial charge in [-0.15, -0.1) is 0 Å². The number of rotatable bonds is 12. The lowest BCUT2D eigenvalue weighted by Gasteiger charge is -2.50. The number of benzene rings is 1. The van der Waals surface area contributed by atoms with Gasteiger partial charge in [0.15, 0.2) is 12.6 Å². The van der Waals surface area contributed by atoms with E-state index in [1.54, 1.807) is 19.1 Å². The van der Waals surface area contributed by atoms with Crippen LogP contribution in [-0.4, -0.2) is 165 Å². The van der Waals surface area contributed by atoms with Crippen LogP contribution in [0.1, 0.15) is 26.3 Å². The molecule has 0 saturated carbocycles. The van der Waals surface area contributed by atoms with Gasteiger partial charge in [-0.1, -0.05) is 0 Å². The standard InChI is InChI=1S/C34H47N3O18/c1-12-7-22(44)50-18-8-16(5-6-17(12)18)49-32-24(36-14(3)42)28(47)30(20(10-39)52-32)55-34-25(37-15(4)43)29(48)31(21(11-40)53-34)54-33-23(35-13(2)41)27(46)26(45)19(9-38)51-33/h5-8,19-21,23-34,38-40,45-48H,9-11H2,1-4H3,(H,35,41)(H,36,42)(H,37,43)/t19-,20-,21-,23-,24-,25-,26-,27-,28-,29-,30-,31-,32+,33+,34+/m1/s1. The molecule has 21 heteroatoms. The van der Waals surface area contributed by atoms with Crippen LogP contribution in [0.15, 0.2) is 33.5 Å². The Morgan fingerprint density at radius 1 is 0.655 bits per heavy atom. The molecule has 1 aromatic heterocycles. The van der Waals surface area contributed by atoms with Gasteiger partial charge >= 0.3 is 5.63 Å². The number of fused-ring (bicyclic) bond motifs is 1. The van der Waals surface area contributed by atoms with Gasteiger partial charge in [0.05, 0.1) is 19.8 Å². The van der Waals surface area contributed by atoms with Crippen molar-refractivity contribution in [3.8, 4) is 5.75 Å². The summed E-state index contributed by atoms with van der Waals surface area (Å²) in [4.78, 5) is 48.6. The van der Waals surface area contributed by atoms with Gasteiger partial charge in [0.25, 0.3) is 0 Å². The van der Waals surface area contributed by atoms with Crippen LogP contribution in [0.4, 0.5) is 0 Å². The highest BCUT2D eigenvalue weighted by Crippen LogP contribution is 2.34. The minimum atomic E-state index is -1.81. The van der Waals surface area contributed by atoms with Crippen molar-refractivity contribution < 1.29 is 83.0 Å². The molecule has 5 rings (SSSR count). The van der Waals surface area contributed by atoms with Gasteiger partial charge in [-0.2, -0.15) is 0 Å². The zero-order chi connectivity index (χ0) is 40.3. The summed E-state index contributed by atoms with van der Waals surface area (Å²) in [6.07, 6.45) is -19.1. The van der Waals surface area contributed by atoms with Gasteiger partial charge in [-0.3, -0.25) is 14.4 Å². The average molecular weight is 786 g/mol. The van der Waals surface area contributed by atoms with E-state index in [0.717, 1.165) is 13.8 Å². The van der Waals surface area contributed by atoms with Crippen LogP contribution in [0.5, 0.6) is 5.75 Å². The van der Waals surface area contributed by atoms with E-state index in [2.05, 4.69) is 16.0 Å². The molecule has 21 nitrogen and oxygen atoms in total. The number of carbonyl (C=O) groups excluding carboxylic acids is 3. The van der Waals surface area contributed by atoms with E-state index >= 15 is 0 Å². The third-order valence-electron chi connectivity index (χ3n) is 9.45. The third kappa shape index (κ3) is 9.42. The molecule has 15 atom stereocenters. The zero-order valence-corrected chi connectivity index (χ0v) is 30.2. The molecule has 3 aliphatic heterocycles. The van der Waals surface area contributed by atoms with Gasteiger partial charge in [0.2, 0.25) is 24.0 Å². The Kier molecular flexibility index (Phi) is 13.8. The van der Waals surface area contributed by atoms with Crippen LogP contribution in [0.3, 0.4) is 0 Å². The molecule has 3 aliphatic rings. The van der Waals surface area contributed by atoms with Crippen molar-refractivity contribution in [3.05, 3.63) is 40.2 Å². The van der Waals surface area contributed by atoms with Gasteiger partial charge < -0.3 is 84.5 Å². The normalized spacial score (nSPS) is 36.5. The maximum atomic E-state index is 12.4. The van der Waals surface area contributed by atoms with E-state index in [0.29, 0.717) is 10.9 Å². The monoisotopic (exact) mass is 785 g/mol. The lowest BCUT2D eigenvalue weighted by atomic mass is 9.93. The summed E-state index contributed by atoms with van der Waals surface area (Å²) in [5.74, 6) is -1.86. The molecule has 0 aliphatic carbocycles. The molecule has 306 valence electrons. The first-order valence-corrected chi connectivity index (χ1v) is 17.4. The van der Waals surface area contributed by atoms with Gasteiger partial charge in [-0.05, 0) is 24.6 Å². The molecular formula is C34H47N3O18. The maximum Gasteiger partial charge on any atom is 0.336 e. The molecule has 55 heavy (non-hydrogen) atoms. The van der Waals surface area contributed by atoms with Crippen molar-refractivity contribution in [2.24, 2.45) is 0 Å². The molecule has 4 heterocycles. The van der Waals surface area contributed by atoms with E-state index in [4.69, 9.17) is 32.8 Å². The van der Waals surface area contributed by atoms with Gasteiger partial charge in [-0.25, -0.2) is 4.79 Å². The van der Waals surface area contributed by atoms with E-state index in [-0.39, 0.29) is 11.3 Å². The molecule has 0 bridgehead atoms. The summed E-state index contributed by atoms with van der Waals surface area (Å²) in [6, 6.07) is 1.55. The van der Waals surface area contributed by atoms with Crippen LogP contribution >= 0.6 is 0 Å². The number of aryl methyl sites for hydroxylation is 1. The van der Waals surface area contributed by atoms with E-state index in [9.17, 15) is 54.9 Å². The highest BCUT2D eigenvalue weighted by Gasteiger charge is 2.55. The predicted molar refractivity (Wildman–Crippen MR) is 182 cm³/mol. The van der Waals surface area contributed by atoms with Crippen molar-refractivity contribution in [2.75, 3.05) is 19.8 Å². The van der Waals surface area contributed by atoms with Crippen LogP contribution < -0.4 is 26.3 Å². The quantitative estimate of drug-likeness (QED) is 0.0905. The predicted octanol–water partition coefficient (Wildman–Crippen LogP) is -4.64. The Labute approximate surface area is 313 Å². The highest BCUT2D eigenvalue weighted by atomic mass is 16.7. The lowest BCUT2D eigenvalue weighted by molar-refractivity contribution is -0.350. The number of ether oxygens (including phenoxy) is 6. The SMILES string of the molecule is CC(=O)N[C@H]1[C@@H](Oc2ccc3c(C)cc(=O)oc3c2)O[C@H](CO)[C@@H](O[C@@H]2O[C@H](CO)[C@@H](O[C@@H]3O[C@H](CO)[C@@H](O)[C@H](O)[C@H]3NC(C)=O)[C@H](O)[C@H]2NC(C)=O)[C@@H]1O. The molecule has 0 spiro atoms. The second-order valence-electron chi connectivity index (χ2n) is 13.5. The number of aliphatic hydroxyl groups is 7. The van der Waals surface area contributed by atoms with Crippen molar-refractivity contribution >= 4 is 28.7 Å². The number of amides is 3. The van der Waals surface area contributed by atoms with Crippen LogP contribution in [0, 0.1) is 6.92 Å². The fourth-order valence-electron chi connectivity index (χ4n) is 6.87. The number of nitrogens with one attached hydrogen (secondary N) is 3. The summed E-state index contributed by atoms with van der Waals surface area (Å²) in [5.41, 5.74) is 0.246. The van der Waals surface area contributed by atoms with Crippen LogP contribution in [-0.2, 0) is 38.1 Å². The van der Waals surface area contributed by atoms with Crippen LogP contribution in [0.25, 0.3) is 11.0 Å². The van der Waals surface area contributed by atoms with E-state index in [1.807, 2.05) is 0 Å². The summed E-state index contributed by atoms with van der Waals surface area (Å²) in [7, 11) is 0. The highest BCUT2D eigenvalue weighted by molar-refractivity contribution is 5.81. The molecular weight excluding hydrogens is 738 g/mol. The van der Waals surface area contributed by atoms with E-state index in [1.165, 1.54) is 19.1 Å².